The van der Waals surface area contributed by atoms with Crippen molar-refractivity contribution >= 4 is 23.2 Å². The standard InChI is InChI=1S/C12H15NO3S/c1-2-8-5-6-10(17-8)11(14)13-7-3-4-9(13)12(15)16/h5-6,9H,2-4,7H2,1H3,(H,15,16)/t9-/m0/s1. The number of carboxylic acid groups (broad SMARTS) is 1. The van der Waals surface area contributed by atoms with E-state index >= 15 is 0 Å². The summed E-state index contributed by atoms with van der Waals surface area (Å²) in [7, 11) is 0. The molecule has 5 heteroatoms. The molecule has 1 N–H and O–H groups in total. The van der Waals surface area contributed by atoms with E-state index in [4.69, 9.17) is 5.11 Å². The molecule has 2 rings (SSSR count). The first-order valence-electron chi connectivity index (χ1n) is 5.76. The van der Waals surface area contributed by atoms with Gasteiger partial charge in [0.2, 0.25) is 0 Å². The molecule has 1 aromatic rings. The normalized spacial score (nSPS) is 19.6. The molecule has 0 unspecified atom stereocenters. The smallest absolute Gasteiger partial charge is 0.326 e. The minimum atomic E-state index is -0.900. The number of carboxylic acids is 1. The molecule has 2 heterocycles. The van der Waals surface area contributed by atoms with Gasteiger partial charge in [0, 0.05) is 11.4 Å². The lowest BCUT2D eigenvalue weighted by Crippen LogP contribution is -2.40. The van der Waals surface area contributed by atoms with Gasteiger partial charge in [-0.05, 0) is 31.4 Å². The topological polar surface area (TPSA) is 57.6 Å². The number of nitrogens with zero attached hydrogens (tertiary/aromatic N) is 1. The molecule has 0 spiro atoms. The highest BCUT2D eigenvalue weighted by Gasteiger charge is 2.34. The Bertz CT molecular complexity index is 441. The van der Waals surface area contributed by atoms with Crippen LogP contribution >= 0.6 is 11.3 Å². The molecule has 0 aromatic carbocycles. The Balaban J connectivity index is 2.16. The van der Waals surface area contributed by atoms with Crippen molar-refractivity contribution in [3.63, 3.8) is 0 Å². The van der Waals surface area contributed by atoms with Crippen molar-refractivity contribution in [3.05, 3.63) is 21.9 Å². The summed E-state index contributed by atoms with van der Waals surface area (Å²) in [4.78, 5) is 26.5. The first kappa shape index (κ1) is 12.1. The van der Waals surface area contributed by atoms with Gasteiger partial charge in [-0.3, -0.25) is 4.79 Å². The van der Waals surface area contributed by atoms with Crippen LogP contribution in [-0.4, -0.2) is 34.5 Å². The monoisotopic (exact) mass is 253 g/mol. The zero-order valence-corrected chi connectivity index (χ0v) is 10.5. The van der Waals surface area contributed by atoms with E-state index in [2.05, 4.69) is 0 Å². The van der Waals surface area contributed by atoms with Crippen molar-refractivity contribution < 1.29 is 14.7 Å². The highest BCUT2D eigenvalue weighted by atomic mass is 32.1. The van der Waals surface area contributed by atoms with Crippen molar-refractivity contribution in [2.45, 2.75) is 32.2 Å². The summed E-state index contributed by atoms with van der Waals surface area (Å²) in [5.74, 6) is -1.04. The van der Waals surface area contributed by atoms with E-state index in [1.165, 1.54) is 16.2 Å². The number of thiophene rings is 1. The van der Waals surface area contributed by atoms with E-state index < -0.39 is 12.0 Å². The van der Waals surface area contributed by atoms with Gasteiger partial charge in [0.15, 0.2) is 0 Å². The lowest BCUT2D eigenvalue weighted by Gasteiger charge is -2.20. The summed E-state index contributed by atoms with van der Waals surface area (Å²) >= 11 is 1.46. The Hall–Kier alpha value is -1.36. The number of carbonyl (C=O) groups excluding carboxylic acids is 1. The van der Waals surface area contributed by atoms with E-state index in [9.17, 15) is 9.59 Å². The highest BCUT2D eigenvalue weighted by molar-refractivity contribution is 7.14. The van der Waals surface area contributed by atoms with Crippen LogP contribution in [-0.2, 0) is 11.2 Å². The molecule has 0 saturated carbocycles. The number of rotatable bonds is 3. The maximum atomic E-state index is 12.2. The fourth-order valence-corrected chi connectivity index (χ4v) is 2.99. The number of amides is 1. The molecular formula is C12H15NO3S. The molecule has 1 aromatic heterocycles. The van der Waals surface area contributed by atoms with Crippen LogP contribution in [0.1, 0.15) is 34.3 Å². The number of aliphatic carboxylic acids is 1. The molecule has 1 amide bonds. The molecule has 1 atom stereocenters. The van der Waals surface area contributed by atoms with Crippen LogP contribution in [0.2, 0.25) is 0 Å². The third-order valence-corrected chi connectivity index (χ3v) is 4.24. The number of carbonyl (C=O) groups is 2. The molecule has 0 bridgehead atoms. The Morgan fingerprint density at radius 3 is 2.88 bits per heavy atom. The minimum Gasteiger partial charge on any atom is -0.480 e. The van der Waals surface area contributed by atoms with Gasteiger partial charge < -0.3 is 10.0 Å². The number of hydrogen-bond acceptors (Lipinski definition) is 3. The second-order valence-corrected chi connectivity index (χ2v) is 5.28. The summed E-state index contributed by atoms with van der Waals surface area (Å²) in [5.41, 5.74) is 0. The summed E-state index contributed by atoms with van der Waals surface area (Å²) in [6, 6.07) is 3.09. The molecule has 1 fully saturated rings. The van der Waals surface area contributed by atoms with Gasteiger partial charge in [-0.25, -0.2) is 4.79 Å². The van der Waals surface area contributed by atoms with E-state index in [0.717, 1.165) is 17.7 Å². The molecule has 0 radical (unpaired) electrons. The van der Waals surface area contributed by atoms with Gasteiger partial charge in [-0.2, -0.15) is 0 Å². The fraction of sp³-hybridized carbons (Fsp3) is 0.500. The first-order chi connectivity index (χ1) is 8.13. The second-order valence-electron chi connectivity index (χ2n) is 4.11. The number of aryl methyl sites for hydroxylation is 1. The van der Waals surface area contributed by atoms with Crippen LogP contribution in [0.15, 0.2) is 12.1 Å². The first-order valence-corrected chi connectivity index (χ1v) is 6.57. The molecule has 17 heavy (non-hydrogen) atoms. The van der Waals surface area contributed by atoms with Crippen LogP contribution in [0.4, 0.5) is 0 Å². The van der Waals surface area contributed by atoms with Gasteiger partial charge in [0.1, 0.15) is 6.04 Å². The highest BCUT2D eigenvalue weighted by Crippen LogP contribution is 2.24. The fourth-order valence-electron chi connectivity index (χ4n) is 2.09. The quantitative estimate of drug-likeness (QED) is 0.896. The van der Waals surface area contributed by atoms with Crippen LogP contribution in [0.3, 0.4) is 0 Å². The molecule has 1 aliphatic rings. The number of likely N-dealkylation sites (tertiary alicyclic amines) is 1. The Morgan fingerprint density at radius 2 is 2.29 bits per heavy atom. The van der Waals surface area contributed by atoms with Crippen LogP contribution in [0, 0.1) is 0 Å². The lowest BCUT2D eigenvalue weighted by molar-refractivity contribution is -0.141. The third-order valence-electron chi connectivity index (χ3n) is 3.02. The maximum Gasteiger partial charge on any atom is 0.326 e. The maximum absolute atomic E-state index is 12.2. The molecule has 92 valence electrons. The average molecular weight is 253 g/mol. The summed E-state index contributed by atoms with van der Waals surface area (Å²) in [6.45, 7) is 2.59. The SMILES string of the molecule is CCc1ccc(C(=O)N2CCC[C@H]2C(=O)O)s1. The van der Waals surface area contributed by atoms with Gasteiger partial charge in [0.05, 0.1) is 4.88 Å². The average Bonchev–Trinajstić information content (AvgIpc) is 2.97. The molecular weight excluding hydrogens is 238 g/mol. The van der Waals surface area contributed by atoms with Crippen LogP contribution in [0.25, 0.3) is 0 Å². The Kier molecular flexibility index (Phi) is 3.47. The van der Waals surface area contributed by atoms with Crippen LogP contribution in [0.5, 0.6) is 0 Å². The van der Waals surface area contributed by atoms with E-state index in [0.29, 0.717) is 17.8 Å². The van der Waals surface area contributed by atoms with Gasteiger partial charge in [-0.15, -0.1) is 11.3 Å². The third kappa shape index (κ3) is 2.34. The van der Waals surface area contributed by atoms with Crippen molar-refractivity contribution in [2.24, 2.45) is 0 Å². The van der Waals surface area contributed by atoms with Crippen molar-refractivity contribution in [2.75, 3.05) is 6.54 Å². The molecule has 4 nitrogen and oxygen atoms in total. The van der Waals surface area contributed by atoms with Gasteiger partial charge in [0.25, 0.3) is 5.91 Å². The zero-order valence-electron chi connectivity index (χ0n) is 9.68. The van der Waals surface area contributed by atoms with Gasteiger partial charge >= 0.3 is 5.97 Å². The molecule has 0 aliphatic carbocycles. The predicted octanol–water partition coefficient (Wildman–Crippen LogP) is 2.00. The van der Waals surface area contributed by atoms with Crippen molar-refractivity contribution in [1.29, 1.82) is 0 Å². The van der Waals surface area contributed by atoms with Gasteiger partial charge in [-0.1, -0.05) is 6.92 Å². The summed E-state index contributed by atoms with van der Waals surface area (Å²) < 4.78 is 0. The Morgan fingerprint density at radius 1 is 1.53 bits per heavy atom. The zero-order chi connectivity index (χ0) is 12.4. The second kappa shape index (κ2) is 4.87. The predicted molar refractivity (Wildman–Crippen MR) is 65.4 cm³/mol. The summed E-state index contributed by atoms with van der Waals surface area (Å²) in [6.07, 6.45) is 2.24. The summed E-state index contributed by atoms with van der Waals surface area (Å²) in [5, 5.41) is 9.04. The van der Waals surface area contributed by atoms with Crippen LogP contribution < -0.4 is 0 Å². The molecule has 1 saturated heterocycles. The minimum absolute atomic E-state index is 0.139. The Labute approximate surface area is 104 Å². The lowest BCUT2D eigenvalue weighted by atomic mass is 10.2. The van der Waals surface area contributed by atoms with E-state index in [1.807, 2.05) is 13.0 Å². The molecule has 1 aliphatic heterocycles. The number of hydrogen-bond donors (Lipinski definition) is 1. The van der Waals surface area contributed by atoms with Crippen molar-refractivity contribution in [1.82, 2.24) is 4.90 Å². The van der Waals surface area contributed by atoms with Crippen molar-refractivity contribution in [3.8, 4) is 0 Å². The van der Waals surface area contributed by atoms with E-state index in [1.54, 1.807) is 6.07 Å². The largest absolute Gasteiger partial charge is 0.480 e. The van der Waals surface area contributed by atoms with E-state index in [-0.39, 0.29) is 5.91 Å².